The molecule has 3 heteroatoms. The number of halogens is 1. The van der Waals surface area contributed by atoms with Crippen molar-refractivity contribution >= 4 is 17.5 Å². The van der Waals surface area contributed by atoms with Gasteiger partial charge in [-0.05, 0) is 25.2 Å². The third-order valence-electron chi connectivity index (χ3n) is 3.22. The largest absolute Gasteiger partial charge is 0.352 e. The van der Waals surface area contributed by atoms with Crippen molar-refractivity contribution < 1.29 is 4.79 Å². The van der Waals surface area contributed by atoms with E-state index in [4.69, 9.17) is 11.6 Å². The van der Waals surface area contributed by atoms with Gasteiger partial charge in [-0.1, -0.05) is 20.3 Å². The number of hydrogen-bond acceptors (Lipinski definition) is 1. The fourth-order valence-corrected chi connectivity index (χ4v) is 2.39. The van der Waals surface area contributed by atoms with Crippen LogP contribution in [0.25, 0.3) is 0 Å². The fourth-order valence-electron chi connectivity index (χ4n) is 2.09. The minimum atomic E-state index is 0.150. The summed E-state index contributed by atoms with van der Waals surface area (Å²) >= 11 is 5.74. The van der Waals surface area contributed by atoms with Gasteiger partial charge in [-0.2, -0.15) is 0 Å². The highest BCUT2D eigenvalue weighted by Crippen LogP contribution is 2.31. The van der Waals surface area contributed by atoms with Crippen molar-refractivity contribution in [3.05, 3.63) is 0 Å². The van der Waals surface area contributed by atoms with Gasteiger partial charge in [-0.3, -0.25) is 4.79 Å². The first-order valence-electron chi connectivity index (χ1n) is 5.55. The van der Waals surface area contributed by atoms with E-state index < -0.39 is 0 Å². The number of alkyl halides is 1. The topological polar surface area (TPSA) is 29.1 Å². The predicted molar refractivity (Wildman–Crippen MR) is 59.4 cm³/mol. The molecule has 0 heterocycles. The van der Waals surface area contributed by atoms with Crippen molar-refractivity contribution in [2.45, 2.75) is 45.6 Å². The van der Waals surface area contributed by atoms with Crippen LogP contribution in [-0.4, -0.2) is 17.8 Å². The Kier molecular flexibility index (Phi) is 4.73. The standard InChI is InChI=1S/C11H20ClNO/c1-3-9(7-12)13-11(14)10-6-4-5-8(10)2/h8-10H,3-7H2,1-2H3,(H,13,14). The first kappa shape index (κ1) is 11.8. The molecule has 0 aliphatic heterocycles. The molecule has 3 unspecified atom stereocenters. The Morgan fingerprint density at radius 1 is 1.57 bits per heavy atom. The molecule has 82 valence electrons. The summed E-state index contributed by atoms with van der Waals surface area (Å²) in [5.74, 6) is 1.50. The SMILES string of the molecule is CCC(CCl)NC(=O)C1CCCC1C. The first-order chi connectivity index (χ1) is 6.69. The van der Waals surface area contributed by atoms with Crippen LogP contribution in [0.3, 0.4) is 0 Å². The Balaban J connectivity index is 2.40. The van der Waals surface area contributed by atoms with Crippen molar-refractivity contribution in [2.24, 2.45) is 11.8 Å². The van der Waals surface area contributed by atoms with Gasteiger partial charge in [0.05, 0.1) is 0 Å². The average Bonchev–Trinajstić information content (AvgIpc) is 2.60. The zero-order chi connectivity index (χ0) is 10.6. The molecule has 1 N–H and O–H groups in total. The Hall–Kier alpha value is -0.240. The number of amides is 1. The smallest absolute Gasteiger partial charge is 0.223 e. The molecular weight excluding hydrogens is 198 g/mol. The summed E-state index contributed by atoms with van der Waals surface area (Å²) in [7, 11) is 0. The minimum Gasteiger partial charge on any atom is -0.352 e. The molecule has 0 aromatic heterocycles. The molecule has 1 aliphatic carbocycles. The summed E-state index contributed by atoms with van der Waals surface area (Å²) in [6, 6.07) is 0.150. The van der Waals surface area contributed by atoms with Crippen LogP contribution >= 0.6 is 11.6 Å². The van der Waals surface area contributed by atoms with Crippen LogP contribution in [0.15, 0.2) is 0 Å². The quantitative estimate of drug-likeness (QED) is 0.721. The van der Waals surface area contributed by atoms with Crippen molar-refractivity contribution in [3.63, 3.8) is 0 Å². The van der Waals surface area contributed by atoms with E-state index in [1.165, 1.54) is 12.8 Å². The highest BCUT2D eigenvalue weighted by Gasteiger charge is 2.30. The van der Waals surface area contributed by atoms with Crippen molar-refractivity contribution in [1.82, 2.24) is 5.32 Å². The highest BCUT2D eigenvalue weighted by molar-refractivity contribution is 6.18. The summed E-state index contributed by atoms with van der Waals surface area (Å²) in [5.41, 5.74) is 0. The van der Waals surface area contributed by atoms with E-state index in [0.717, 1.165) is 12.8 Å². The monoisotopic (exact) mass is 217 g/mol. The molecule has 1 amide bonds. The van der Waals surface area contributed by atoms with Gasteiger partial charge < -0.3 is 5.32 Å². The number of rotatable bonds is 4. The zero-order valence-corrected chi connectivity index (χ0v) is 9.81. The fraction of sp³-hybridized carbons (Fsp3) is 0.909. The van der Waals surface area contributed by atoms with E-state index in [1.54, 1.807) is 0 Å². The van der Waals surface area contributed by atoms with Gasteiger partial charge in [-0.15, -0.1) is 11.6 Å². The lowest BCUT2D eigenvalue weighted by Gasteiger charge is -2.19. The minimum absolute atomic E-state index is 0.150. The lowest BCUT2D eigenvalue weighted by Crippen LogP contribution is -2.40. The molecule has 0 spiro atoms. The molecule has 0 aromatic carbocycles. The van der Waals surface area contributed by atoms with E-state index in [9.17, 15) is 4.79 Å². The molecule has 3 atom stereocenters. The average molecular weight is 218 g/mol. The molecule has 14 heavy (non-hydrogen) atoms. The summed E-state index contributed by atoms with van der Waals surface area (Å²) in [4.78, 5) is 11.8. The van der Waals surface area contributed by atoms with Gasteiger partial charge in [0.25, 0.3) is 0 Å². The van der Waals surface area contributed by atoms with Crippen LogP contribution in [0, 0.1) is 11.8 Å². The van der Waals surface area contributed by atoms with Gasteiger partial charge in [-0.25, -0.2) is 0 Å². The van der Waals surface area contributed by atoms with Gasteiger partial charge >= 0.3 is 0 Å². The number of hydrogen-bond donors (Lipinski definition) is 1. The van der Waals surface area contributed by atoms with Crippen LogP contribution in [0.5, 0.6) is 0 Å². The summed E-state index contributed by atoms with van der Waals surface area (Å²) in [6.45, 7) is 4.21. The Morgan fingerprint density at radius 2 is 2.29 bits per heavy atom. The summed E-state index contributed by atoms with van der Waals surface area (Å²) in [6.07, 6.45) is 4.34. The molecule has 0 radical (unpaired) electrons. The molecule has 2 nitrogen and oxygen atoms in total. The Labute approximate surface area is 91.4 Å². The van der Waals surface area contributed by atoms with Gasteiger partial charge in [0.15, 0.2) is 0 Å². The number of carbonyl (C=O) groups is 1. The van der Waals surface area contributed by atoms with Crippen LogP contribution < -0.4 is 5.32 Å². The number of carbonyl (C=O) groups excluding carboxylic acids is 1. The van der Waals surface area contributed by atoms with Crippen LogP contribution in [-0.2, 0) is 4.79 Å². The van der Waals surface area contributed by atoms with E-state index in [-0.39, 0.29) is 17.9 Å². The third kappa shape index (κ3) is 2.88. The predicted octanol–water partition coefficient (Wildman–Crippen LogP) is 2.56. The molecular formula is C11H20ClNO. The third-order valence-corrected chi connectivity index (χ3v) is 3.60. The second-order valence-electron chi connectivity index (χ2n) is 4.28. The van der Waals surface area contributed by atoms with Crippen LogP contribution in [0.4, 0.5) is 0 Å². The summed E-state index contributed by atoms with van der Waals surface area (Å²) in [5, 5.41) is 3.02. The maximum absolute atomic E-state index is 11.8. The highest BCUT2D eigenvalue weighted by atomic mass is 35.5. The molecule has 0 aromatic rings. The van der Waals surface area contributed by atoms with Crippen molar-refractivity contribution in [2.75, 3.05) is 5.88 Å². The van der Waals surface area contributed by atoms with Gasteiger partial charge in [0, 0.05) is 17.8 Å². The van der Waals surface area contributed by atoms with E-state index in [2.05, 4.69) is 12.2 Å². The lowest BCUT2D eigenvalue weighted by molar-refractivity contribution is -0.126. The van der Waals surface area contributed by atoms with Gasteiger partial charge in [0.1, 0.15) is 0 Å². The van der Waals surface area contributed by atoms with Crippen LogP contribution in [0.1, 0.15) is 39.5 Å². The number of nitrogens with one attached hydrogen (secondary N) is 1. The second-order valence-corrected chi connectivity index (χ2v) is 4.59. The summed E-state index contributed by atoms with van der Waals surface area (Å²) < 4.78 is 0. The molecule has 1 rings (SSSR count). The molecule has 1 aliphatic rings. The van der Waals surface area contributed by atoms with Crippen molar-refractivity contribution in [1.29, 1.82) is 0 Å². The van der Waals surface area contributed by atoms with Gasteiger partial charge in [0.2, 0.25) is 5.91 Å². The maximum atomic E-state index is 11.8. The maximum Gasteiger partial charge on any atom is 0.223 e. The first-order valence-corrected chi connectivity index (χ1v) is 6.08. The van der Waals surface area contributed by atoms with E-state index in [0.29, 0.717) is 11.8 Å². The Bertz CT molecular complexity index is 192. The van der Waals surface area contributed by atoms with E-state index >= 15 is 0 Å². The molecule has 0 saturated heterocycles. The van der Waals surface area contributed by atoms with Crippen molar-refractivity contribution in [3.8, 4) is 0 Å². The van der Waals surface area contributed by atoms with E-state index in [1.807, 2.05) is 6.92 Å². The normalized spacial score (nSPS) is 28.8. The lowest BCUT2D eigenvalue weighted by atomic mass is 9.97. The molecule has 1 fully saturated rings. The Morgan fingerprint density at radius 3 is 2.71 bits per heavy atom. The molecule has 0 bridgehead atoms. The molecule has 1 saturated carbocycles. The van der Waals surface area contributed by atoms with Crippen LogP contribution in [0.2, 0.25) is 0 Å². The second kappa shape index (κ2) is 5.59. The zero-order valence-electron chi connectivity index (χ0n) is 9.05.